The van der Waals surface area contributed by atoms with Crippen LogP contribution in [0.4, 0.5) is 0 Å². The molecule has 1 aliphatic rings. The molecule has 0 saturated carbocycles. The normalized spacial score (nSPS) is 23.4. The van der Waals surface area contributed by atoms with Crippen LogP contribution in [0.1, 0.15) is 40.5 Å². The van der Waals surface area contributed by atoms with Crippen LogP contribution in [0.15, 0.2) is 0 Å². The second-order valence-corrected chi connectivity index (χ2v) is 7.25. The Hall–Kier alpha value is -0.690. The van der Waals surface area contributed by atoms with Crippen LogP contribution in [0.5, 0.6) is 0 Å². The van der Waals surface area contributed by atoms with Crippen molar-refractivity contribution in [1.82, 2.24) is 4.90 Å². The van der Waals surface area contributed by atoms with Gasteiger partial charge in [0.25, 0.3) is 0 Å². The van der Waals surface area contributed by atoms with E-state index in [9.17, 15) is 4.79 Å². The average molecular weight is 254 g/mol. The molecule has 0 aromatic rings. The van der Waals surface area contributed by atoms with Crippen LogP contribution >= 0.6 is 11.8 Å². The molecule has 1 fully saturated rings. The Morgan fingerprint density at radius 3 is 2.71 bits per heavy atom. The van der Waals surface area contributed by atoms with Gasteiger partial charge < -0.3 is 4.90 Å². The first-order valence-corrected chi connectivity index (χ1v) is 7.18. The van der Waals surface area contributed by atoms with E-state index in [4.69, 9.17) is 5.26 Å². The zero-order chi connectivity index (χ0) is 13.1. The Kier molecular flexibility index (Phi) is 4.48. The van der Waals surface area contributed by atoms with Gasteiger partial charge in [-0.3, -0.25) is 4.79 Å². The van der Waals surface area contributed by atoms with E-state index in [0.29, 0.717) is 6.42 Å². The average Bonchev–Trinajstić information content (AvgIpc) is 2.48. The lowest BCUT2D eigenvalue weighted by atomic mass is 9.87. The number of amides is 1. The molecule has 1 atom stereocenters. The molecule has 4 heteroatoms. The lowest BCUT2D eigenvalue weighted by Gasteiger charge is -2.28. The SMILES string of the molecule is CCC(C)(C#N)C(=O)N1CCSC(C)(C)CC1. The van der Waals surface area contributed by atoms with Crippen LogP contribution in [-0.2, 0) is 4.79 Å². The number of rotatable bonds is 2. The first-order chi connectivity index (χ1) is 7.84. The number of nitrogens with zero attached hydrogens (tertiary/aromatic N) is 2. The summed E-state index contributed by atoms with van der Waals surface area (Å²) in [5, 5.41) is 9.16. The predicted molar refractivity (Wildman–Crippen MR) is 71.7 cm³/mol. The predicted octanol–water partition coefficient (Wildman–Crippen LogP) is 2.67. The molecule has 0 radical (unpaired) electrons. The van der Waals surface area contributed by atoms with Gasteiger partial charge in [0.15, 0.2) is 0 Å². The zero-order valence-corrected chi connectivity index (χ0v) is 12.1. The summed E-state index contributed by atoms with van der Waals surface area (Å²) in [7, 11) is 0. The molecule has 1 unspecified atom stereocenters. The summed E-state index contributed by atoms with van der Waals surface area (Å²) in [6, 6.07) is 2.17. The summed E-state index contributed by atoms with van der Waals surface area (Å²) in [6.07, 6.45) is 1.57. The largest absolute Gasteiger partial charge is 0.340 e. The summed E-state index contributed by atoms with van der Waals surface area (Å²) in [5.41, 5.74) is -0.848. The molecule has 1 aliphatic heterocycles. The van der Waals surface area contributed by atoms with Crippen molar-refractivity contribution in [2.45, 2.75) is 45.3 Å². The van der Waals surface area contributed by atoms with Crippen molar-refractivity contribution in [3.8, 4) is 6.07 Å². The molecule has 0 spiro atoms. The van der Waals surface area contributed by atoms with Gasteiger partial charge >= 0.3 is 0 Å². The van der Waals surface area contributed by atoms with Crippen molar-refractivity contribution >= 4 is 17.7 Å². The lowest BCUT2D eigenvalue weighted by Crippen LogP contribution is -2.42. The first kappa shape index (κ1) is 14.4. The molecule has 1 saturated heterocycles. The summed E-state index contributed by atoms with van der Waals surface area (Å²) in [4.78, 5) is 14.2. The molecule has 96 valence electrons. The van der Waals surface area contributed by atoms with Gasteiger partial charge in [0, 0.05) is 23.6 Å². The number of carbonyl (C=O) groups excluding carboxylic acids is 1. The highest BCUT2D eigenvalue weighted by molar-refractivity contribution is 8.00. The van der Waals surface area contributed by atoms with E-state index in [1.807, 2.05) is 23.6 Å². The van der Waals surface area contributed by atoms with Crippen LogP contribution in [-0.4, -0.2) is 34.4 Å². The fourth-order valence-corrected chi connectivity index (χ4v) is 2.95. The Morgan fingerprint density at radius 2 is 2.18 bits per heavy atom. The van der Waals surface area contributed by atoms with Gasteiger partial charge in [-0.2, -0.15) is 17.0 Å². The number of carbonyl (C=O) groups is 1. The Balaban J connectivity index is 2.75. The lowest BCUT2D eigenvalue weighted by molar-refractivity contribution is -0.138. The van der Waals surface area contributed by atoms with Crippen LogP contribution in [0.3, 0.4) is 0 Å². The third kappa shape index (κ3) is 3.38. The molecule has 0 aromatic carbocycles. The van der Waals surface area contributed by atoms with E-state index in [1.165, 1.54) is 0 Å². The van der Waals surface area contributed by atoms with Crippen molar-refractivity contribution in [3.05, 3.63) is 0 Å². The molecule has 0 aromatic heterocycles. The van der Waals surface area contributed by atoms with Gasteiger partial charge in [-0.1, -0.05) is 20.8 Å². The first-order valence-electron chi connectivity index (χ1n) is 6.19. The van der Waals surface area contributed by atoms with E-state index >= 15 is 0 Å². The maximum absolute atomic E-state index is 12.3. The molecule has 0 bridgehead atoms. The zero-order valence-electron chi connectivity index (χ0n) is 11.2. The molecule has 3 nitrogen and oxygen atoms in total. The molecule has 0 N–H and O–H groups in total. The standard InChI is InChI=1S/C13H22N2OS/c1-5-13(4,10-14)11(16)15-7-6-12(2,3)17-9-8-15/h5-9H2,1-4H3. The fourth-order valence-electron chi connectivity index (χ4n) is 1.85. The Bertz CT molecular complexity index is 335. The van der Waals surface area contributed by atoms with Crippen molar-refractivity contribution < 1.29 is 4.79 Å². The molecule has 17 heavy (non-hydrogen) atoms. The Labute approximate surface area is 109 Å². The van der Waals surface area contributed by atoms with Gasteiger partial charge in [-0.15, -0.1) is 0 Å². The van der Waals surface area contributed by atoms with Crippen molar-refractivity contribution in [2.75, 3.05) is 18.8 Å². The maximum Gasteiger partial charge on any atom is 0.242 e. The molecular formula is C13H22N2OS. The van der Waals surface area contributed by atoms with Gasteiger partial charge in [-0.05, 0) is 19.8 Å². The van der Waals surface area contributed by atoms with Crippen molar-refractivity contribution in [2.24, 2.45) is 5.41 Å². The van der Waals surface area contributed by atoms with Crippen molar-refractivity contribution in [1.29, 1.82) is 5.26 Å². The maximum atomic E-state index is 12.3. The van der Waals surface area contributed by atoms with Crippen LogP contribution in [0.2, 0.25) is 0 Å². The third-order valence-corrected chi connectivity index (χ3v) is 4.92. The van der Waals surface area contributed by atoms with E-state index in [1.54, 1.807) is 6.92 Å². The number of hydrogen-bond donors (Lipinski definition) is 0. The summed E-state index contributed by atoms with van der Waals surface area (Å²) in [5.74, 6) is 0.963. The van der Waals surface area contributed by atoms with E-state index in [-0.39, 0.29) is 10.7 Å². The van der Waals surface area contributed by atoms with E-state index < -0.39 is 5.41 Å². The monoisotopic (exact) mass is 254 g/mol. The quantitative estimate of drug-likeness (QED) is 0.761. The highest BCUT2D eigenvalue weighted by atomic mass is 32.2. The minimum atomic E-state index is -0.848. The van der Waals surface area contributed by atoms with E-state index in [2.05, 4.69) is 19.9 Å². The van der Waals surface area contributed by atoms with Gasteiger partial charge in [-0.25, -0.2) is 0 Å². The molecule has 1 heterocycles. The number of nitriles is 1. The highest BCUT2D eigenvalue weighted by Gasteiger charge is 2.36. The second-order valence-electron chi connectivity index (χ2n) is 5.45. The van der Waals surface area contributed by atoms with Gasteiger partial charge in [0.05, 0.1) is 6.07 Å². The highest BCUT2D eigenvalue weighted by Crippen LogP contribution is 2.32. The molecule has 0 aliphatic carbocycles. The molecular weight excluding hydrogens is 232 g/mol. The summed E-state index contributed by atoms with van der Waals surface area (Å²) >= 11 is 1.91. The summed E-state index contributed by atoms with van der Waals surface area (Å²) < 4.78 is 0.240. The topological polar surface area (TPSA) is 44.1 Å². The smallest absolute Gasteiger partial charge is 0.242 e. The van der Waals surface area contributed by atoms with Crippen LogP contribution < -0.4 is 0 Å². The Morgan fingerprint density at radius 1 is 1.53 bits per heavy atom. The number of thioether (sulfide) groups is 1. The number of hydrogen-bond acceptors (Lipinski definition) is 3. The fraction of sp³-hybridized carbons (Fsp3) is 0.846. The van der Waals surface area contributed by atoms with Gasteiger partial charge in [0.1, 0.15) is 5.41 Å². The minimum absolute atomic E-state index is 0.000741. The third-order valence-electron chi connectivity index (χ3n) is 3.55. The molecule has 1 amide bonds. The van der Waals surface area contributed by atoms with Crippen LogP contribution in [0, 0.1) is 16.7 Å². The van der Waals surface area contributed by atoms with E-state index in [0.717, 1.165) is 25.3 Å². The summed E-state index contributed by atoms with van der Waals surface area (Å²) in [6.45, 7) is 9.63. The second kappa shape index (κ2) is 5.30. The molecule has 1 rings (SSSR count). The van der Waals surface area contributed by atoms with Crippen molar-refractivity contribution in [3.63, 3.8) is 0 Å². The minimum Gasteiger partial charge on any atom is -0.340 e. The van der Waals surface area contributed by atoms with Gasteiger partial charge in [0.2, 0.25) is 5.91 Å². The van der Waals surface area contributed by atoms with Crippen LogP contribution in [0.25, 0.3) is 0 Å².